The summed E-state index contributed by atoms with van der Waals surface area (Å²) >= 11 is 5.82. The Hall–Kier alpha value is -1.59. The Bertz CT molecular complexity index is 599. The van der Waals surface area contributed by atoms with Crippen molar-refractivity contribution in [3.63, 3.8) is 0 Å². The second-order valence-corrected chi connectivity index (χ2v) is 4.35. The van der Waals surface area contributed by atoms with Crippen LogP contribution in [0, 0.1) is 0 Å². The van der Waals surface area contributed by atoms with Gasteiger partial charge in [-0.3, -0.25) is 4.57 Å². The molecule has 0 radical (unpaired) electrons. The summed E-state index contributed by atoms with van der Waals surface area (Å²) in [5, 5.41) is 8.14. The maximum atomic E-state index is 12.1. The summed E-state index contributed by atoms with van der Waals surface area (Å²) in [6, 6.07) is 7.08. The lowest BCUT2D eigenvalue weighted by Crippen LogP contribution is -2.34. The Kier molecular flexibility index (Phi) is 2.49. The molecule has 1 aliphatic rings. The van der Waals surface area contributed by atoms with Gasteiger partial charge in [-0.25, -0.2) is 4.79 Å². The molecule has 0 saturated heterocycles. The molecule has 88 valence electrons. The van der Waals surface area contributed by atoms with E-state index in [1.54, 1.807) is 28.8 Å². The quantitative estimate of drug-likeness (QED) is 0.814. The summed E-state index contributed by atoms with van der Waals surface area (Å²) in [6.07, 6.45) is 0. The maximum Gasteiger partial charge on any atom is 0.350 e. The molecule has 5 nitrogen and oxygen atoms in total. The first kappa shape index (κ1) is 10.6. The van der Waals surface area contributed by atoms with E-state index in [1.807, 2.05) is 0 Å². The summed E-state index contributed by atoms with van der Waals surface area (Å²) in [5.74, 6) is 0.774. The van der Waals surface area contributed by atoms with Crippen LogP contribution in [0.5, 0.6) is 0 Å². The first-order valence-electron chi connectivity index (χ1n) is 5.41. The number of halogens is 1. The Labute approximate surface area is 103 Å². The fourth-order valence-electron chi connectivity index (χ4n) is 1.93. The van der Waals surface area contributed by atoms with Crippen molar-refractivity contribution in [2.75, 3.05) is 6.54 Å². The van der Waals surface area contributed by atoms with Crippen LogP contribution < -0.4 is 11.0 Å². The highest BCUT2D eigenvalue weighted by Crippen LogP contribution is 2.12. The van der Waals surface area contributed by atoms with Crippen molar-refractivity contribution in [2.45, 2.75) is 13.1 Å². The molecule has 0 saturated carbocycles. The van der Waals surface area contributed by atoms with Gasteiger partial charge in [-0.2, -0.15) is 4.68 Å². The molecule has 0 spiro atoms. The molecule has 0 unspecified atom stereocenters. The third-order valence-electron chi connectivity index (χ3n) is 2.81. The molecule has 0 atom stereocenters. The van der Waals surface area contributed by atoms with Crippen LogP contribution in [0.1, 0.15) is 5.82 Å². The first-order valence-corrected chi connectivity index (χ1v) is 5.79. The van der Waals surface area contributed by atoms with Crippen molar-refractivity contribution in [2.24, 2.45) is 0 Å². The topological polar surface area (TPSA) is 51.9 Å². The van der Waals surface area contributed by atoms with Gasteiger partial charge in [-0.05, 0) is 24.3 Å². The van der Waals surface area contributed by atoms with E-state index in [-0.39, 0.29) is 5.69 Å². The monoisotopic (exact) mass is 250 g/mol. The van der Waals surface area contributed by atoms with Gasteiger partial charge in [-0.1, -0.05) is 11.6 Å². The number of rotatable bonds is 1. The predicted molar refractivity (Wildman–Crippen MR) is 64.5 cm³/mol. The minimum absolute atomic E-state index is 0.0937. The molecule has 2 aromatic rings. The summed E-state index contributed by atoms with van der Waals surface area (Å²) in [5.41, 5.74) is 0.644. The zero-order valence-electron chi connectivity index (χ0n) is 9.06. The standard InChI is InChI=1S/C11H11ClN4O/c12-8-1-3-9(4-2-8)16-11(17)15-6-5-13-7-10(15)14-16/h1-4,13H,5-7H2. The van der Waals surface area contributed by atoms with E-state index < -0.39 is 0 Å². The zero-order valence-corrected chi connectivity index (χ0v) is 9.81. The van der Waals surface area contributed by atoms with Gasteiger partial charge in [0, 0.05) is 18.1 Å². The van der Waals surface area contributed by atoms with Crippen molar-refractivity contribution < 1.29 is 0 Å². The summed E-state index contributed by atoms with van der Waals surface area (Å²) in [4.78, 5) is 12.1. The van der Waals surface area contributed by atoms with Gasteiger partial charge < -0.3 is 5.32 Å². The first-order chi connectivity index (χ1) is 8.25. The van der Waals surface area contributed by atoms with Gasteiger partial charge in [0.25, 0.3) is 0 Å². The summed E-state index contributed by atoms with van der Waals surface area (Å²) in [7, 11) is 0. The molecule has 0 aliphatic carbocycles. The van der Waals surface area contributed by atoms with Gasteiger partial charge in [0.05, 0.1) is 12.2 Å². The van der Waals surface area contributed by atoms with E-state index in [1.165, 1.54) is 4.68 Å². The molecule has 1 aromatic heterocycles. The molecule has 3 rings (SSSR count). The number of benzene rings is 1. The van der Waals surface area contributed by atoms with Crippen LogP contribution >= 0.6 is 11.6 Å². The fourth-order valence-corrected chi connectivity index (χ4v) is 2.06. The Morgan fingerprint density at radius 1 is 1.29 bits per heavy atom. The minimum Gasteiger partial charge on any atom is -0.308 e. The smallest absolute Gasteiger partial charge is 0.308 e. The maximum absolute atomic E-state index is 12.1. The third-order valence-corrected chi connectivity index (χ3v) is 3.06. The van der Waals surface area contributed by atoms with Crippen LogP contribution in [-0.4, -0.2) is 20.9 Å². The van der Waals surface area contributed by atoms with Crippen molar-refractivity contribution in [3.05, 3.63) is 45.6 Å². The van der Waals surface area contributed by atoms with Crippen LogP contribution in [0.2, 0.25) is 5.02 Å². The van der Waals surface area contributed by atoms with Crippen molar-refractivity contribution in [1.29, 1.82) is 0 Å². The Morgan fingerprint density at radius 3 is 2.76 bits per heavy atom. The SMILES string of the molecule is O=c1n(-c2ccc(Cl)cc2)nc2n1CCNC2. The van der Waals surface area contributed by atoms with Gasteiger partial charge >= 0.3 is 5.69 Å². The molecule has 6 heteroatoms. The molecule has 0 bridgehead atoms. The molecule has 0 amide bonds. The second-order valence-electron chi connectivity index (χ2n) is 3.92. The van der Waals surface area contributed by atoms with E-state index in [4.69, 9.17) is 11.6 Å². The number of hydrogen-bond acceptors (Lipinski definition) is 3. The molecule has 2 heterocycles. The van der Waals surface area contributed by atoms with Crippen LogP contribution in [0.3, 0.4) is 0 Å². The molecular weight excluding hydrogens is 240 g/mol. The number of fused-ring (bicyclic) bond motifs is 1. The lowest BCUT2D eigenvalue weighted by atomic mass is 10.3. The Morgan fingerprint density at radius 2 is 2.06 bits per heavy atom. The van der Waals surface area contributed by atoms with E-state index in [2.05, 4.69) is 10.4 Å². The average molecular weight is 251 g/mol. The summed E-state index contributed by atoms with van der Waals surface area (Å²) < 4.78 is 3.11. The number of aromatic nitrogens is 3. The largest absolute Gasteiger partial charge is 0.350 e. The lowest BCUT2D eigenvalue weighted by Gasteiger charge is -2.11. The van der Waals surface area contributed by atoms with E-state index >= 15 is 0 Å². The number of nitrogens with zero attached hydrogens (tertiary/aromatic N) is 3. The zero-order chi connectivity index (χ0) is 11.8. The number of hydrogen-bond donors (Lipinski definition) is 1. The molecule has 0 fully saturated rings. The Balaban J connectivity index is 2.12. The molecule has 17 heavy (non-hydrogen) atoms. The van der Waals surface area contributed by atoms with Crippen LogP contribution in [-0.2, 0) is 13.1 Å². The summed E-state index contributed by atoms with van der Waals surface area (Å²) in [6.45, 7) is 2.11. The van der Waals surface area contributed by atoms with Crippen molar-refractivity contribution in [1.82, 2.24) is 19.7 Å². The average Bonchev–Trinajstić information content (AvgIpc) is 2.69. The lowest BCUT2D eigenvalue weighted by molar-refractivity contribution is 0.497. The highest BCUT2D eigenvalue weighted by molar-refractivity contribution is 6.30. The van der Waals surface area contributed by atoms with E-state index in [0.717, 1.165) is 18.1 Å². The van der Waals surface area contributed by atoms with Gasteiger partial charge in [0.1, 0.15) is 5.82 Å². The molecule has 1 aromatic carbocycles. The van der Waals surface area contributed by atoms with Crippen LogP contribution in [0.15, 0.2) is 29.1 Å². The molecule has 1 aliphatic heterocycles. The second kappa shape index (κ2) is 4.01. The van der Waals surface area contributed by atoms with E-state index in [0.29, 0.717) is 18.1 Å². The predicted octanol–water partition coefficient (Wildman–Crippen LogP) is 0.791. The van der Waals surface area contributed by atoms with E-state index in [9.17, 15) is 4.79 Å². The fraction of sp³-hybridized carbons (Fsp3) is 0.273. The highest BCUT2D eigenvalue weighted by Gasteiger charge is 2.16. The highest BCUT2D eigenvalue weighted by atomic mass is 35.5. The van der Waals surface area contributed by atoms with Crippen LogP contribution in [0.25, 0.3) is 5.69 Å². The van der Waals surface area contributed by atoms with Gasteiger partial charge in [0.2, 0.25) is 0 Å². The van der Waals surface area contributed by atoms with Crippen molar-refractivity contribution in [3.8, 4) is 5.69 Å². The van der Waals surface area contributed by atoms with Gasteiger partial charge in [0.15, 0.2) is 0 Å². The minimum atomic E-state index is -0.0937. The molecule has 1 N–H and O–H groups in total. The normalized spacial score (nSPS) is 14.6. The van der Waals surface area contributed by atoms with Gasteiger partial charge in [-0.15, -0.1) is 5.10 Å². The molecular formula is C11H11ClN4O. The third kappa shape index (κ3) is 1.77. The number of nitrogens with one attached hydrogen (secondary N) is 1. The van der Waals surface area contributed by atoms with Crippen LogP contribution in [0.4, 0.5) is 0 Å². The van der Waals surface area contributed by atoms with Crippen molar-refractivity contribution >= 4 is 11.6 Å².